The predicted molar refractivity (Wildman–Crippen MR) is 81.3 cm³/mol. The summed E-state index contributed by atoms with van der Waals surface area (Å²) in [6.45, 7) is 3.17. The molecule has 0 atom stereocenters. The number of fused-ring (bicyclic) bond motifs is 1. The highest BCUT2D eigenvalue weighted by Gasteiger charge is 2.41. The first kappa shape index (κ1) is 17.0. The number of hydrogen-bond donors (Lipinski definition) is 0. The van der Waals surface area contributed by atoms with Crippen LogP contribution in [-0.2, 0) is 29.1 Å². The van der Waals surface area contributed by atoms with Gasteiger partial charge in [0.15, 0.2) is 11.5 Å². The molecule has 7 nitrogen and oxygen atoms in total. The molecule has 0 amide bonds. The van der Waals surface area contributed by atoms with Gasteiger partial charge in [0.1, 0.15) is 0 Å². The average molecular weight is 339 g/mol. The third-order valence-electron chi connectivity index (χ3n) is 3.33. The standard InChI is InChI=1S/C15H17NO6S/c1-4-12(17)22-14-10-8-6-7-9-11(10)23(19,20)16(5-2)13(14)15(18)21-3/h6-9H,4-5H2,1-3H3. The molecule has 0 aromatic heterocycles. The van der Waals surface area contributed by atoms with E-state index in [0.717, 1.165) is 11.4 Å². The predicted octanol–water partition coefficient (Wildman–Crippen LogP) is 1.51. The van der Waals surface area contributed by atoms with Gasteiger partial charge in [-0.2, -0.15) is 0 Å². The molecule has 23 heavy (non-hydrogen) atoms. The molecule has 1 aliphatic heterocycles. The lowest BCUT2D eigenvalue weighted by molar-refractivity contribution is -0.138. The number of sulfonamides is 1. The van der Waals surface area contributed by atoms with Gasteiger partial charge in [-0.15, -0.1) is 0 Å². The molecule has 1 aromatic rings. The summed E-state index contributed by atoms with van der Waals surface area (Å²) in [7, 11) is -2.79. The highest BCUT2D eigenvalue weighted by atomic mass is 32.2. The Bertz CT molecular complexity index is 781. The van der Waals surface area contributed by atoms with E-state index in [2.05, 4.69) is 4.74 Å². The van der Waals surface area contributed by atoms with Crippen molar-refractivity contribution in [2.45, 2.75) is 25.2 Å². The molecule has 0 radical (unpaired) electrons. The Morgan fingerprint density at radius 2 is 1.83 bits per heavy atom. The monoisotopic (exact) mass is 339 g/mol. The molecule has 0 aliphatic carbocycles. The van der Waals surface area contributed by atoms with E-state index in [9.17, 15) is 18.0 Å². The first-order valence-corrected chi connectivity index (χ1v) is 8.47. The van der Waals surface area contributed by atoms with Gasteiger partial charge in [-0.3, -0.25) is 9.10 Å². The zero-order chi connectivity index (χ0) is 17.2. The van der Waals surface area contributed by atoms with Gasteiger partial charge in [0.25, 0.3) is 10.0 Å². The third-order valence-corrected chi connectivity index (χ3v) is 5.27. The van der Waals surface area contributed by atoms with Crippen molar-refractivity contribution in [1.82, 2.24) is 4.31 Å². The lowest BCUT2D eigenvalue weighted by atomic mass is 10.1. The number of likely N-dealkylation sites (N-methyl/N-ethyl adjacent to an activating group) is 1. The van der Waals surface area contributed by atoms with E-state index in [0.29, 0.717) is 0 Å². The van der Waals surface area contributed by atoms with Crippen LogP contribution < -0.4 is 0 Å². The maximum Gasteiger partial charge on any atom is 0.359 e. The molecule has 124 valence electrons. The number of hydrogen-bond acceptors (Lipinski definition) is 6. The largest absolute Gasteiger partial charge is 0.464 e. The summed E-state index contributed by atoms with van der Waals surface area (Å²) in [4.78, 5) is 23.8. The van der Waals surface area contributed by atoms with Crippen molar-refractivity contribution in [3.63, 3.8) is 0 Å². The summed E-state index contributed by atoms with van der Waals surface area (Å²) >= 11 is 0. The van der Waals surface area contributed by atoms with Crippen LogP contribution in [0.5, 0.6) is 0 Å². The van der Waals surface area contributed by atoms with Crippen LogP contribution in [0.3, 0.4) is 0 Å². The number of carbonyl (C=O) groups is 2. The van der Waals surface area contributed by atoms with Crippen LogP contribution in [0.2, 0.25) is 0 Å². The molecular formula is C15H17NO6S. The molecule has 0 bridgehead atoms. The third kappa shape index (κ3) is 2.81. The van der Waals surface area contributed by atoms with Crippen LogP contribution in [0.1, 0.15) is 25.8 Å². The molecule has 1 aromatic carbocycles. The Hall–Kier alpha value is -2.35. The Morgan fingerprint density at radius 3 is 2.39 bits per heavy atom. The number of rotatable bonds is 4. The lowest BCUT2D eigenvalue weighted by Crippen LogP contribution is -2.38. The normalized spacial score (nSPS) is 15.9. The summed E-state index contributed by atoms with van der Waals surface area (Å²) in [5, 5.41) is 0. The van der Waals surface area contributed by atoms with E-state index in [1.165, 1.54) is 12.1 Å². The first-order valence-electron chi connectivity index (χ1n) is 7.03. The van der Waals surface area contributed by atoms with Crippen LogP contribution in [0, 0.1) is 0 Å². The van der Waals surface area contributed by atoms with Crippen molar-refractivity contribution < 1.29 is 27.5 Å². The van der Waals surface area contributed by atoms with Gasteiger partial charge >= 0.3 is 11.9 Å². The van der Waals surface area contributed by atoms with Gasteiger partial charge in [0.05, 0.1) is 12.0 Å². The van der Waals surface area contributed by atoms with Gasteiger partial charge in [0, 0.05) is 18.5 Å². The van der Waals surface area contributed by atoms with E-state index >= 15 is 0 Å². The summed E-state index contributed by atoms with van der Waals surface area (Å²) < 4.78 is 36.3. The van der Waals surface area contributed by atoms with Gasteiger partial charge in [-0.05, 0) is 19.1 Å². The van der Waals surface area contributed by atoms with Crippen molar-refractivity contribution in [3.05, 3.63) is 35.5 Å². The molecule has 0 fully saturated rings. The number of nitrogens with zero attached hydrogens (tertiary/aromatic N) is 1. The van der Waals surface area contributed by atoms with Crippen molar-refractivity contribution in [2.75, 3.05) is 13.7 Å². The minimum absolute atomic E-state index is 0.00568. The Kier molecular flexibility index (Phi) is 4.74. The van der Waals surface area contributed by atoms with E-state index in [4.69, 9.17) is 4.74 Å². The highest BCUT2D eigenvalue weighted by molar-refractivity contribution is 7.89. The van der Waals surface area contributed by atoms with Crippen molar-refractivity contribution in [2.24, 2.45) is 0 Å². The first-order chi connectivity index (χ1) is 10.9. The average Bonchev–Trinajstić information content (AvgIpc) is 2.56. The molecule has 0 spiro atoms. The second kappa shape index (κ2) is 6.41. The fourth-order valence-electron chi connectivity index (χ4n) is 2.27. The smallest absolute Gasteiger partial charge is 0.359 e. The molecule has 8 heteroatoms. The number of benzene rings is 1. The summed E-state index contributed by atoms with van der Waals surface area (Å²) in [5.41, 5.74) is -0.130. The van der Waals surface area contributed by atoms with Gasteiger partial charge in [-0.25, -0.2) is 13.2 Å². The van der Waals surface area contributed by atoms with Crippen LogP contribution in [0.25, 0.3) is 5.76 Å². The molecular weight excluding hydrogens is 322 g/mol. The summed E-state index contributed by atoms with van der Waals surface area (Å²) in [6.07, 6.45) is 0.0823. The Balaban J connectivity index is 2.82. The summed E-state index contributed by atoms with van der Waals surface area (Å²) in [6, 6.07) is 6.06. The molecule has 1 aliphatic rings. The number of ether oxygens (including phenoxy) is 2. The Morgan fingerprint density at radius 1 is 1.17 bits per heavy atom. The molecule has 1 heterocycles. The van der Waals surface area contributed by atoms with Gasteiger partial charge in [-0.1, -0.05) is 19.1 Å². The minimum Gasteiger partial charge on any atom is -0.464 e. The second-order valence-corrected chi connectivity index (χ2v) is 6.49. The second-order valence-electron chi connectivity index (χ2n) is 4.66. The van der Waals surface area contributed by atoms with Gasteiger partial charge < -0.3 is 9.47 Å². The highest BCUT2D eigenvalue weighted by Crippen LogP contribution is 2.37. The van der Waals surface area contributed by atoms with E-state index in [-0.39, 0.29) is 34.9 Å². The molecule has 0 unspecified atom stereocenters. The van der Waals surface area contributed by atoms with E-state index in [1.807, 2.05) is 0 Å². The topological polar surface area (TPSA) is 90.0 Å². The number of carbonyl (C=O) groups excluding carboxylic acids is 2. The van der Waals surface area contributed by atoms with Gasteiger partial charge in [0.2, 0.25) is 0 Å². The van der Waals surface area contributed by atoms with E-state index < -0.39 is 22.0 Å². The molecule has 2 rings (SSSR count). The fourth-order valence-corrected chi connectivity index (χ4v) is 3.93. The fraction of sp³-hybridized carbons (Fsp3) is 0.333. The molecule has 0 saturated heterocycles. The maximum atomic E-state index is 12.7. The molecule has 0 saturated carbocycles. The zero-order valence-corrected chi connectivity index (χ0v) is 13.8. The van der Waals surface area contributed by atoms with Crippen molar-refractivity contribution in [1.29, 1.82) is 0 Å². The molecule has 0 N–H and O–H groups in total. The Labute approximate surface area is 134 Å². The number of methoxy groups -OCH3 is 1. The van der Waals surface area contributed by atoms with Crippen LogP contribution in [0.4, 0.5) is 0 Å². The maximum absolute atomic E-state index is 12.7. The van der Waals surface area contributed by atoms with Crippen LogP contribution in [-0.4, -0.2) is 38.3 Å². The quantitative estimate of drug-likeness (QED) is 0.772. The van der Waals surface area contributed by atoms with Crippen molar-refractivity contribution in [3.8, 4) is 0 Å². The van der Waals surface area contributed by atoms with E-state index in [1.54, 1.807) is 26.0 Å². The lowest BCUT2D eigenvalue weighted by Gasteiger charge is -2.31. The SMILES string of the molecule is CCC(=O)OC1=C(C(=O)OC)N(CC)S(=O)(=O)c2ccccc21. The van der Waals surface area contributed by atoms with Crippen LogP contribution in [0.15, 0.2) is 34.9 Å². The zero-order valence-electron chi connectivity index (χ0n) is 13.0. The minimum atomic E-state index is -3.93. The number of esters is 2. The van der Waals surface area contributed by atoms with Crippen molar-refractivity contribution >= 4 is 27.7 Å². The van der Waals surface area contributed by atoms with Crippen LogP contribution >= 0.6 is 0 Å². The summed E-state index contributed by atoms with van der Waals surface area (Å²) in [5.74, 6) is -1.56.